The lowest BCUT2D eigenvalue weighted by atomic mass is 9.89. The monoisotopic (exact) mass is 355 g/mol. The largest absolute Gasteiger partial charge is 0.465 e. The van der Waals surface area contributed by atoms with E-state index in [0.29, 0.717) is 34.7 Å². The smallest absolute Gasteiger partial charge is 0.404 e. The highest BCUT2D eigenvalue weighted by Gasteiger charge is 2.23. The molecule has 1 aromatic carbocycles. The number of benzene rings is 1. The van der Waals surface area contributed by atoms with Gasteiger partial charge < -0.3 is 16.2 Å². The maximum absolute atomic E-state index is 12.2. The molecule has 0 aliphatic rings. The standard InChI is InChI=1S/C20H25N3O3/c1-11(2)9-16-15(10-22-20(25)26)18(14-7-5-12(3)6-8-14)17(19(21)24)13(4)23-16/h5-8,11,22H,9-10H2,1-4H3,(H2,21,24)(H,25,26). The molecule has 0 aliphatic heterocycles. The molecule has 2 aromatic rings. The normalized spacial score (nSPS) is 10.8. The molecule has 0 atom stereocenters. The lowest BCUT2D eigenvalue weighted by molar-refractivity contribution is 0.1000. The third-order valence-electron chi connectivity index (χ3n) is 4.17. The Labute approximate surface area is 153 Å². The molecule has 1 aromatic heterocycles. The Bertz CT molecular complexity index is 827. The van der Waals surface area contributed by atoms with E-state index in [4.69, 9.17) is 10.8 Å². The van der Waals surface area contributed by atoms with Gasteiger partial charge in [0.15, 0.2) is 0 Å². The molecule has 0 aliphatic carbocycles. The number of carboxylic acid groups (broad SMARTS) is 1. The lowest BCUT2D eigenvalue weighted by Crippen LogP contribution is -2.24. The lowest BCUT2D eigenvalue weighted by Gasteiger charge is -2.20. The van der Waals surface area contributed by atoms with Crippen molar-refractivity contribution in [2.24, 2.45) is 11.7 Å². The summed E-state index contributed by atoms with van der Waals surface area (Å²) in [5, 5.41) is 11.5. The van der Waals surface area contributed by atoms with Gasteiger partial charge in [-0.15, -0.1) is 0 Å². The van der Waals surface area contributed by atoms with Gasteiger partial charge in [-0.25, -0.2) is 4.79 Å². The molecule has 2 amide bonds. The van der Waals surface area contributed by atoms with Gasteiger partial charge in [0.2, 0.25) is 0 Å². The number of pyridine rings is 1. The molecule has 0 saturated heterocycles. The van der Waals surface area contributed by atoms with Crippen LogP contribution in [0.2, 0.25) is 0 Å². The number of primary amides is 1. The van der Waals surface area contributed by atoms with E-state index in [0.717, 1.165) is 16.8 Å². The molecular weight excluding hydrogens is 330 g/mol. The highest BCUT2D eigenvalue weighted by Crippen LogP contribution is 2.32. The van der Waals surface area contributed by atoms with Crippen molar-refractivity contribution in [2.45, 2.75) is 40.7 Å². The summed E-state index contributed by atoms with van der Waals surface area (Å²) in [7, 11) is 0. The van der Waals surface area contributed by atoms with Crippen LogP contribution in [0.15, 0.2) is 24.3 Å². The maximum Gasteiger partial charge on any atom is 0.404 e. The highest BCUT2D eigenvalue weighted by atomic mass is 16.4. The van der Waals surface area contributed by atoms with Crippen molar-refractivity contribution >= 4 is 12.0 Å². The molecule has 1 heterocycles. The molecule has 0 spiro atoms. The quantitative estimate of drug-likeness (QED) is 0.738. The van der Waals surface area contributed by atoms with Crippen LogP contribution in [-0.2, 0) is 13.0 Å². The van der Waals surface area contributed by atoms with Gasteiger partial charge in [0.1, 0.15) is 0 Å². The zero-order chi connectivity index (χ0) is 19.4. The highest BCUT2D eigenvalue weighted by molar-refractivity contribution is 6.01. The van der Waals surface area contributed by atoms with Crippen molar-refractivity contribution in [1.29, 1.82) is 0 Å². The summed E-state index contributed by atoms with van der Waals surface area (Å²) in [5.41, 5.74) is 10.6. The van der Waals surface area contributed by atoms with E-state index in [1.807, 2.05) is 31.2 Å². The summed E-state index contributed by atoms with van der Waals surface area (Å²) >= 11 is 0. The van der Waals surface area contributed by atoms with Crippen molar-refractivity contribution < 1.29 is 14.7 Å². The molecule has 138 valence electrons. The number of aromatic nitrogens is 1. The summed E-state index contributed by atoms with van der Waals surface area (Å²) in [4.78, 5) is 27.8. The average molecular weight is 355 g/mol. The molecule has 6 heteroatoms. The zero-order valence-corrected chi connectivity index (χ0v) is 15.6. The summed E-state index contributed by atoms with van der Waals surface area (Å²) in [6.07, 6.45) is -0.452. The van der Waals surface area contributed by atoms with Crippen LogP contribution in [0.25, 0.3) is 11.1 Å². The fraction of sp³-hybridized carbons (Fsp3) is 0.350. The molecule has 0 bridgehead atoms. The molecule has 2 rings (SSSR count). The number of nitrogens with zero attached hydrogens (tertiary/aromatic N) is 1. The van der Waals surface area contributed by atoms with Gasteiger partial charge in [-0.2, -0.15) is 0 Å². The number of amides is 2. The number of rotatable bonds is 6. The Balaban J connectivity index is 2.79. The molecule has 0 fully saturated rings. The molecule has 4 N–H and O–H groups in total. The van der Waals surface area contributed by atoms with E-state index < -0.39 is 12.0 Å². The first-order valence-electron chi connectivity index (χ1n) is 8.56. The van der Waals surface area contributed by atoms with Gasteiger partial charge in [-0.05, 0) is 31.7 Å². The SMILES string of the molecule is Cc1ccc(-c2c(CNC(=O)O)c(CC(C)C)nc(C)c2C(N)=O)cc1. The molecule has 6 nitrogen and oxygen atoms in total. The van der Waals surface area contributed by atoms with Crippen LogP contribution in [0.4, 0.5) is 4.79 Å². The Morgan fingerprint density at radius 1 is 1.19 bits per heavy atom. The van der Waals surface area contributed by atoms with Crippen LogP contribution in [0.5, 0.6) is 0 Å². The van der Waals surface area contributed by atoms with Gasteiger partial charge in [-0.3, -0.25) is 9.78 Å². The van der Waals surface area contributed by atoms with Crippen LogP contribution >= 0.6 is 0 Å². The van der Waals surface area contributed by atoms with Crippen molar-refractivity contribution in [3.63, 3.8) is 0 Å². The number of nitrogens with one attached hydrogen (secondary N) is 1. The van der Waals surface area contributed by atoms with E-state index in [9.17, 15) is 9.59 Å². The Hall–Kier alpha value is -2.89. The first kappa shape index (κ1) is 19.4. The van der Waals surface area contributed by atoms with E-state index in [-0.39, 0.29) is 6.54 Å². The van der Waals surface area contributed by atoms with E-state index in [1.165, 1.54) is 0 Å². The minimum Gasteiger partial charge on any atom is -0.465 e. The van der Waals surface area contributed by atoms with Crippen LogP contribution < -0.4 is 11.1 Å². The Kier molecular flexibility index (Phi) is 5.97. The minimum absolute atomic E-state index is 0.0636. The minimum atomic E-state index is -1.13. The summed E-state index contributed by atoms with van der Waals surface area (Å²) < 4.78 is 0. The molecule has 0 radical (unpaired) electrons. The molecule has 0 unspecified atom stereocenters. The Morgan fingerprint density at radius 3 is 2.31 bits per heavy atom. The molecule has 0 saturated carbocycles. The van der Waals surface area contributed by atoms with Crippen molar-refractivity contribution in [3.8, 4) is 11.1 Å². The van der Waals surface area contributed by atoms with Gasteiger partial charge in [0.05, 0.1) is 11.3 Å². The second-order valence-electron chi connectivity index (χ2n) is 6.86. The maximum atomic E-state index is 12.2. The van der Waals surface area contributed by atoms with Crippen molar-refractivity contribution in [1.82, 2.24) is 10.3 Å². The third-order valence-corrected chi connectivity index (χ3v) is 4.17. The second kappa shape index (κ2) is 7.99. The predicted octanol–water partition coefficient (Wildman–Crippen LogP) is 3.43. The van der Waals surface area contributed by atoms with Crippen LogP contribution in [0.3, 0.4) is 0 Å². The van der Waals surface area contributed by atoms with Gasteiger partial charge >= 0.3 is 6.09 Å². The number of aryl methyl sites for hydroxylation is 2. The third kappa shape index (κ3) is 4.39. The first-order chi connectivity index (χ1) is 12.2. The first-order valence-corrected chi connectivity index (χ1v) is 8.56. The summed E-state index contributed by atoms with van der Waals surface area (Å²) in [6.45, 7) is 7.94. The Morgan fingerprint density at radius 2 is 1.81 bits per heavy atom. The van der Waals surface area contributed by atoms with Crippen LogP contribution in [0, 0.1) is 19.8 Å². The molecule has 26 heavy (non-hydrogen) atoms. The van der Waals surface area contributed by atoms with Gasteiger partial charge in [-0.1, -0.05) is 43.7 Å². The number of hydrogen-bond donors (Lipinski definition) is 3. The zero-order valence-electron chi connectivity index (χ0n) is 15.6. The van der Waals surface area contributed by atoms with Gasteiger partial charge in [0.25, 0.3) is 5.91 Å². The number of carbonyl (C=O) groups excluding carboxylic acids is 1. The van der Waals surface area contributed by atoms with Crippen molar-refractivity contribution in [2.75, 3.05) is 0 Å². The fourth-order valence-electron chi connectivity index (χ4n) is 3.05. The van der Waals surface area contributed by atoms with Gasteiger partial charge in [0, 0.05) is 23.4 Å². The van der Waals surface area contributed by atoms with Crippen LogP contribution in [0.1, 0.15) is 46.7 Å². The second-order valence-corrected chi connectivity index (χ2v) is 6.86. The number of hydrogen-bond acceptors (Lipinski definition) is 3. The van der Waals surface area contributed by atoms with E-state index in [2.05, 4.69) is 24.1 Å². The topological polar surface area (TPSA) is 105 Å². The number of carbonyl (C=O) groups is 2. The van der Waals surface area contributed by atoms with Crippen molar-refractivity contribution in [3.05, 3.63) is 52.3 Å². The number of nitrogens with two attached hydrogens (primary N) is 1. The van der Waals surface area contributed by atoms with E-state index >= 15 is 0 Å². The summed E-state index contributed by atoms with van der Waals surface area (Å²) in [5.74, 6) is -0.242. The van der Waals surface area contributed by atoms with E-state index in [1.54, 1.807) is 6.92 Å². The average Bonchev–Trinajstić information content (AvgIpc) is 2.53. The predicted molar refractivity (Wildman–Crippen MR) is 101 cm³/mol. The molecular formula is C20H25N3O3. The van der Waals surface area contributed by atoms with Crippen LogP contribution in [-0.4, -0.2) is 22.1 Å². The fourth-order valence-corrected chi connectivity index (χ4v) is 3.05. The summed E-state index contributed by atoms with van der Waals surface area (Å²) in [6, 6.07) is 7.73.